The predicted octanol–water partition coefficient (Wildman–Crippen LogP) is 0.758. The normalized spacial score (nSPS) is 17.8. The largest absolute Gasteiger partial charge is 0.497 e. The molecule has 1 fully saturated rings. The second-order valence-corrected chi connectivity index (χ2v) is 9.01. The number of benzene rings is 1. The number of aryl methyl sites for hydroxylation is 1. The van der Waals surface area contributed by atoms with E-state index in [2.05, 4.69) is 20.7 Å². The van der Waals surface area contributed by atoms with Crippen molar-refractivity contribution < 1.29 is 14.3 Å². The number of carbonyl (C=O) groups excluding carboxylic acids is 2. The number of ether oxygens (including phenoxy) is 1. The molecule has 0 atom stereocenters. The summed E-state index contributed by atoms with van der Waals surface area (Å²) in [6.07, 6.45) is 3.59. The summed E-state index contributed by atoms with van der Waals surface area (Å²) in [6.45, 7) is 2.66. The molecule has 1 saturated carbocycles. The van der Waals surface area contributed by atoms with Crippen molar-refractivity contribution in [2.45, 2.75) is 45.2 Å². The van der Waals surface area contributed by atoms with Crippen molar-refractivity contribution in [1.29, 1.82) is 0 Å². The lowest BCUT2D eigenvalue weighted by molar-refractivity contribution is -0.120. The molecule has 0 spiro atoms. The number of amides is 2. The van der Waals surface area contributed by atoms with Crippen LogP contribution in [0.15, 0.2) is 41.5 Å². The summed E-state index contributed by atoms with van der Waals surface area (Å²) in [7, 11) is 1.60. The van der Waals surface area contributed by atoms with Crippen molar-refractivity contribution in [1.82, 2.24) is 20.7 Å². The quantitative estimate of drug-likeness (QED) is 0.139. The average Bonchev–Trinajstić information content (AvgIpc) is 2.88. The molecule has 36 heavy (non-hydrogen) atoms. The highest BCUT2D eigenvalue weighted by Gasteiger charge is 2.23. The first-order valence-electron chi connectivity index (χ1n) is 12.0. The molecule has 0 unspecified atom stereocenters. The Balaban J connectivity index is 1.57. The molecule has 194 valence electrons. The molecule has 2 aromatic rings. The van der Waals surface area contributed by atoms with Gasteiger partial charge in [0.2, 0.25) is 5.91 Å². The molecule has 1 aromatic heterocycles. The van der Waals surface area contributed by atoms with Crippen LogP contribution in [-0.4, -0.2) is 54.0 Å². The molecule has 0 aliphatic heterocycles. The number of nitrogens with two attached hydrogens (primary N) is 3. The van der Waals surface area contributed by atoms with Gasteiger partial charge in [0.15, 0.2) is 5.84 Å². The van der Waals surface area contributed by atoms with Crippen LogP contribution in [-0.2, 0) is 11.3 Å². The third kappa shape index (κ3) is 7.92. The minimum atomic E-state index is -0.321. The number of carbonyl (C=O) groups is 2. The van der Waals surface area contributed by atoms with Gasteiger partial charge in [0, 0.05) is 23.8 Å². The van der Waals surface area contributed by atoms with Gasteiger partial charge in [-0.1, -0.05) is 12.1 Å². The number of amidine groups is 1. The molecule has 8 N–H and O–H groups in total. The third-order valence-corrected chi connectivity index (χ3v) is 6.15. The van der Waals surface area contributed by atoms with E-state index in [1.165, 1.54) is 5.12 Å². The monoisotopic (exact) mass is 496 g/mol. The van der Waals surface area contributed by atoms with E-state index in [0.29, 0.717) is 30.3 Å². The number of nitrogens with zero attached hydrogens (tertiary/aromatic N) is 3. The molecule has 3 rings (SSSR count). The van der Waals surface area contributed by atoms with Crippen LogP contribution in [0.5, 0.6) is 5.75 Å². The second kappa shape index (κ2) is 12.8. The molecule has 1 aliphatic rings. The fourth-order valence-corrected chi connectivity index (χ4v) is 4.27. The minimum absolute atomic E-state index is 0.00457. The molecule has 11 nitrogen and oxygen atoms in total. The molecule has 0 saturated heterocycles. The molecule has 11 heteroatoms. The van der Waals surface area contributed by atoms with Gasteiger partial charge in [-0.15, -0.1) is 5.10 Å². The van der Waals surface area contributed by atoms with E-state index in [0.717, 1.165) is 37.0 Å². The van der Waals surface area contributed by atoms with Crippen molar-refractivity contribution >= 4 is 17.6 Å². The third-order valence-electron chi connectivity index (χ3n) is 6.15. The Morgan fingerprint density at radius 2 is 1.94 bits per heavy atom. The van der Waals surface area contributed by atoms with Gasteiger partial charge in [-0.25, -0.2) is 15.9 Å². The van der Waals surface area contributed by atoms with Crippen LogP contribution < -0.4 is 32.7 Å². The summed E-state index contributed by atoms with van der Waals surface area (Å²) in [5, 5.41) is 11.5. The summed E-state index contributed by atoms with van der Waals surface area (Å²) in [6, 6.07) is 11.0. The predicted molar refractivity (Wildman–Crippen MR) is 138 cm³/mol. The fourth-order valence-electron chi connectivity index (χ4n) is 4.27. The fraction of sp³-hybridized carbons (Fsp3) is 0.440. The average molecular weight is 497 g/mol. The SMILES string of the molecule is COc1cccc(CNC(=O)c2cc(/C(N)=N/N(N)CC3CCC(NC(=O)CN)CC3)cc(C)n2)c1. The highest BCUT2D eigenvalue weighted by molar-refractivity contribution is 6.00. The van der Waals surface area contributed by atoms with Crippen molar-refractivity contribution in [3.05, 3.63) is 58.9 Å². The van der Waals surface area contributed by atoms with Gasteiger partial charge in [0.1, 0.15) is 11.4 Å². The minimum Gasteiger partial charge on any atom is -0.497 e. The van der Waals surface area contributed by atoms with E-state index < -0.39 is 0 Å². The van der Waals surface area contributed by atoms with Gasteiger partial charge in [0.25, 0.3) is 5.91 Å². The molecule has 2 amide bonds. The van der Waals surface area contributed by atoms with E-state index in [-0.39, 0.29) is 35.9 Å². The lowest BCUT2D eigenvalue weighted by Crippen LogP contribution is -2.42. The maximum atomic E-state index is 12.7. The van der Waals surface area contributed by atoms with Gasteiger partial charge in [-0.2, -0.15) is 0 Å². The Kier molecular flexibility index (Phi) is 9.60. The molecular formula is C25H36N8O3. The van der Waals surface area contributed by atoms with Crippen LogP contribution in [0.2, 0.25) is 0 Å². The van der Waals surface area contributed by atoms with Gasteiger partial charge in [-0.3, -0.25) is 9.59 Å². The number of pyridine rings is 1. The summed E-state index contributed by atoms with van der Waals surface area (Å²) in [4.78, 5) is 28.6. The molecule has 1 heterocycles. The Morgan fingerprint density at radius 3 is 2.64 bits per heavy atom. The number of hydrazine groups is 1. The van der Waals surface area contributed by atoms with Crippen LogP contribution in [0.1, 0.15) is 53.0 Å². The van der Waals surface area contributed by atoms with E-state index in [1.807, 2.05) is 24.3 Å². The van der Waals surface area contributed by atoms with Gasteiger partial charge in [-0.05, 0) is 68.4 Å². The Labute approximate surface area is 211 Å². The topological polar surface area (TPSA) is 174 Å². The Hall–Kier alpha value is -3.70. The van der Waals surface area contributed by atoms with Gasteiger partial charge in [0.05, 0.1) is 20.2 Å². The maximum Gasteiger partial charge on any atom is 0.270 e. The number of aromatic nitrogens is 1. The van der Waals surface area contributed by atoms with Gasteiger partial charge >= 0.3 is 0 Å². The lowest BCUT2D eigenvalue weighted by atomic mass is 9.86. The molecule has 0 bridgehead atoms. The first-order valence-corrected chi connectivity index (χ1v) is 12.0. The smallest absolute Gasteiger partial charge is 0.270 e. The van der Waals surface area contributed by atoms with Gasteiger partial charge < -0.3 is 26.8 Å². The zero-order valence-electron chi connectivity index (χ0n) is 20.9. The molecule has 0 radical (unpaired) electrons. The highest BCUT2D eigenvalue weighted by Crippen LogP contribution is 2.24. The summed E-state index contributed by atoms with van der Waals surface area (Å²) >= 11 is 0. The van der Waals surface area contributed by atoms with E-state index in [1.54, 1.807) is 26.2 Å². The highest BCUT2D eigenvalue weighted by atomic mass is 16.5. The first kappa shape index (κ1) is 26.9. The lowest BCUT2D eigenvalue weighted by Gasteiger charge is -2.30. The molecule has 1 aromatic carbocycles. The Morgan fingerprint density at radius 1 is 1.19 bits per heavy atom. The summed E-state index contributed by atoms with van der Waals surface area (Å²) in [5.41, 5.74) is 13.9. The number of hydrogen-bond acceptors (Lipinski definition) is 8. The van der Waals surface area contributed by atoms with Crippen LogP contribution in [0.25, 0.3) is 0 Å². The number of hydrazone groups is 1. The van der Waals surface area contributed by atoms with Crippen molar-refractivity contribution in [2.24, 2.45) is 28.3 Å². The zero-order valence-corrected chi connectivity index (χ0v) is 20.9. The molecule has 1 aliphatic carbocycles. The summed E-state index contributed by atoms with van der Waals surface area (Å²) in [5.74, 6) is 6.94. The summed E-state index contributed by atoms with van der Waals surface area (Å²) < 4.78 is 5.22. The Bertz CT molecular complexity index is 1080. The standard InChI is InChI=1S/C25H36N8O3/c1-16-10-19(12-22(30-16)25(35)29-14-18-4-3-5-21(11-18)36-2)24(27)32-33(28)15-17-6-8-20(9-7-17)31-23(34)13-26/h3-5,10-12,17,20H,6-9,13-15,26,28H2,1-2H3,(H2,27,32)(H,29,35)(H,31,34). The number of nitrogens with one attached hydrogen (secondary N) is 2. The van der Waals surface area contributed by atoms with E-state index >= 15 is 0 Å². The second-order valence-electron chi connectivity index (χ2n) is 9.01. The number of methoxy groups -OCH3 is 1. The van der Waals surface area contributed by atoms with E-state index in [4.69, 9.17) is 22.0 Å². The van der Waals surface area contributed by atoms with Crippen LogP contribution in [0, 0.1) is 12.8 Å². The number of hydrogen-bond donors (Lipinski definition) is 5. The van der Waals surface area contributed by atoms with Crippen molar-refractivity contribution in [2.75, 3.05) is 20.2 Å². The van der Waals surface area contributed by atoms with E-state index in [9.17, 15) is 9.59 Å². The number of rotatable bonds is 10. The maximum absolute atomic E-state index is 12.7. The van der Waals surface area contributed by atoms with Crippen LogP contribution >= 0.6 is 0 Å². The first-order chi connectivity index (χ1) is 17.3. The van der Waals surface area contributed by atoms with Crippen LogP contribution in [0.4, 0.5) is 0 Å². The van der Waals surface area contributed by atoms with Crippen molar-refractivity contribution in [3.8, 4) is 5.75 Å². The zero-order chi connectivity index (χ0) is 26.1. The van der Waals surface area contributed by atoms with Crippen molar-refractivity contribution in [3.63, 3.8) is 0 Å². The molecular weight excluding hydrogens is 460 g/mol. The van der Waals surface area contributed by atoms with Crippen LogP contribution in [0.3, 0.4) is 0 Å².